The summed E-state index contributed by atoms with van der Waals surface area (Å²) >= 11 is 0. The number of carbonyl (C=O) groups is 1. The number of aliphatic hydroxyl groups is 2. The van der Waals surface area contributed by atoms with Crippen LogP contribution in [0.2, 0.25) is 0 Å². The normalized spacial score (nSPS) is 13.2. The lowest BCUT2D eigenvalue weighted by molar-refractivity contribution is -0.123. The molecule has 404 valence electrons. The summed E-state index contributed by atoms with van der Waals surface area (Å²) in [6.07, 6.45) is 85.3. The fourth-order valence-corrected chi connectivity index (χ4v) is 9.63. The highest BCUT2D eigenvalue weighted by Crippen LogP contribution is 2.18. The van der Waals surface area contributed by atoms with Crippen LogP contribution < -0.4 is 5.32 Å². The molecule has 0 saturated heterocycles. The molecule has 3 N–H and O–H groups in total. The van der Waals surface area contributed by atoms with E-state index in [4.69, 9.17) is 0 Å². The van der Waals surface area contributed by atoms with E-state index in [-0.39, 0.29) is 12.5 Å². The SMILES string of the molecule is CC/C=C\C/C=C\C/C=C\C/C=C\C/C=C\CCCCCCCCCCCCCCCCCCCCCCCCCC(=O)NC(CO)C(O)CCCCCCCCCCCCCCCCCCCC. The van der Waals surface area contributed by atoms with E-state index in [0.29, 0.717) is 12.8 Å². The summed E-state index contributed by atoms with van der Waals surface area (Å²) in [6.45, 7) is 4.27. The van der Waals surface area contributed by atoms with Crippen LogP contribution in [0.4, 0.5) is 0 Å². The van der Waals surface area contributed by atoms with Gasteiger partial charge in [-0.1, -0.05) is 325 Å². The van der Waals surface area contributed by atoms with Gasteiger partial charge in [0.1, 0.15) is 0 Å². The number of nitrogens with one attached hydrogen (secondary N) is 1. The summed E-state index contributed by atoms with van der Waals surface area (Å²) in [7, 11) is 0. The average molecular weight is 965 g/mol. The molecule has 0 aromatic carbocycles. The number of unbranched alkanes of at least 4 members (excludes halogenated alkanes) is 40. The van der Waals surface area contributed by atoms with Crippen molar-refractivity contribution in [2.75, 3.05) is 6.61 Å². The van der Waals surface area contributed by atoms with Gasteiger partial charge in [0.15, 0.2) is 0 Å². The monoisotopic (exact) mass is 964 g/mol. The van der Waals surface area contributed by atoms with Gasteiger partial charge in [0.05, 0.1) is 18.8 Å². The topological polar surface area (TPSA) is 69.6 Å². The minimum atomic E-state index is -0.659. The number of rotatable bonds is 57. The summed E-state index contributed by atoms with van der Waals surface area (Å²) in [5, 5.41) is 23.4. The minimum Gasteiger partial charge on any atom is -0.394 e. The van der Waals surface area contributed by atoms with Gasteiger partial charge >= 0.3 is 0 Å². The molecule has 4 nitrogen and oxygen atoms in total. The van der Waals surface area contributed by atoms with E-state index >= 15 is 0 Å². The van der Waals surface area contributed by atoms with E-state index in [2.05, 4.69) is 79.9 Å². The molecular formula is C65H121NO3. The van der Waals surface area contributed by atoms with Gasteiger partial charge in [-0.2, -0.15) is 0 Å². The maximum absolute atomic E-state index is 12.5. The first kappa shape index (κ1) is 67.1. The van der Waals surface area contributed by atoms with E-state index in [1.807, 2.05) is 0 Å². The Morgan fingerprint density at radius 2 is 0.638 bits per heavy atom. The van der Waals surface area contributed by atoms with Crippen molar-refractivity contribution in [3.63, 3.8) is 0 Å². The predicted molar refractivity (Wildman–Crippen MR) is 308 cm³/mol. The highest BCUT2D eigenvalue weighted by atomic mass is 16.3. The van der Waals surface area contributed by atoms with Gasteiger partial charge in [0.2, 0.25) is 5.91 Å². The summed E-state index contributed by atoms with van der Waals surface area (Å²) in [5.41, 5.74) is 0. The summed E-state index contributed by atoms with van der Waals surface area (Å²) in [6, 6.07) is -0.536. The molecule has 0 bridgehead atoms. The van der Waals surface area contributed by atoms with Gasteiger partial charge in [-0.05, 0) is 57.8 Å². The van der Waals surface area contributed by atoms with Crippen LogP contribution in [-0.4, -0.2) is 34.9 Å². The van der Waals surface area contributed by atoms with Gasteiger partial charge in [-0.3, -0.25) is 4.79 Å². The third kappa shape index (κ3) is 56.9. The number of aliphatic hydroxyl groups excluding tert-OH is 2. The Bertz CT molecular complexity index is 1140. The van der Waals surface area contributed by atoms with Crippen LogP contribution in [0.15, 0.2) is 60.8 Å². The van der Waals surface area contributed by atoms with Crippen molar-refractivity contribution >= 4 is 5.91 Å². The number of hydrogen-bond donors (Lipinski definition) is 3. The van der Waals surface area contributed by atoms with Crippen LogP contribution in [0.25, 0.3) is 0 Å². The molecule has 0 radical (unpaired) electrons. The Balaban J connectivity index is 3.40. The number of amides is 1. The lowest BCUT2D eigenvalue weighted by atomic mass is 10.0. The molecule has 1 amide bonds. The molecule has 0 aromatic heterocycles. The van der Waals surface area contributed by atoms with Crippen LogP contribution in [0.3, 0.4) is 0 Å². The lowest BCUT2D eigenvalue weighted by Gasteiger charge is -2.22. The van der Waals surface area contributed by atoms with Crippen LogP contribution in [0, 0.1) is 0 Å². The quantitative estimate of drug-likeness (QED) is 0.0420. The minimum absolute atomic E-state index is 0.0256. The summed E-state index contributed by atoms with van der Waals surface area (Å²) in [5.74, 6) is -0.0256. The second-order valence-electron chi connectivity index (χ2n) is 21.1. The first-order chi connectivity index (χ1) is 34.2. The molecule has 0 aliphatic heterocycles. The van der Waals surface area contributed by atoms with Gasteiger partial charge in [-0.25, -0.2) is 0 Å². The van der Waals surface area contributed by atoms with E-state index in [1.165, 1.54) is 244 Å². The second kappa shape index (κ2) is 60.4. The maximum Gasteiger partial charge on any atom is 0.220 e. The zero-order valence-corrected chi connectivity index (χ0v) is 46.6. The van der Waals surface area contributed by atoms with Crippen LogP contribution >= 0.6 is 0 Å². The Kier molecular flexibility index (Phi) is 58.7. The van der Waals surface area contributed by atoms with Gasteiger partial charge in [0.25, 0.3) is 0 Å². The number of carbonyl (C=O) groups excluding carboxylic acids is 1. The third-order valence-electron chi connectivity index (χ3n) is 14.3. The largest absolute Gasteiger partial charge is 0.394 e. The van der Waals surface area contributed by atoms with Crippen LogP contribution in [0.5, 0.6) is 0 Å². The second-order valence-corrected chi connectivity index (χ2v) is 21.1. The molecule has 2 atom stereocenters. The fourth-order valence-electron chi connectivity index (χ4n) is 9.63. The molecule has 0 aromatic rings. The Labute approximate surface area is 432 Å². The summed E-state index contributed by atoms with van der Waals surface area (Å²) < 4.78 is 0. The van der Waals surface area contributed by atoms with Crippen LogP contribution in [-0.2, 0) is 4.79 Å². The molecule has 0 fully saturated rings. The zero-order chi connectivity index (χ0) is 49.9. The van der Waals surface area contributed by atoms with Crippen molar-refractivity contribution in [3.8, 4) is 0 Å². The van der Waals surface area contributed by atoms with E-state index in [9.17, 15) is 15.0 Å². The van der Waals surface area contributed by atoms with E-state index in [1.54, 1.807) is 0 Å². The molecule has 2 unspecified atom stereocenters. The smallest absolute Gasteiger partial charge is 0.220 e. The van der Waals surface area contributed by atoms with Gasteiger partial charge in [-0.15, -0.1) is 0 Å². The molecule has 0 rings (SSSR count). The highest BCUT2D eigenvalue weighted by Gasteiger charge is 2.20. The van der Waals surface area contributed by atoms with Crippen LogP contribution in [0.1, 0.15) is 328 Å². The Morgan fingerprint density at radius 1 is 0.362 bits per heavy atom. The molecule has 4 heteroatoms. The highest BCUT2D eigenvalue weighted by molar-refractivity contribution is 5.76. The maximum atomic E-state index is 12.5. The van der Waals surface area contributed by atoms with Gasteiger partial charge < -0.3 is 15.5 Å². The number of hydrogen-bond acceptors (Lipinski definition) is 3. The van der Waals surface area contributed by atoms with E-state index in [0.717, 1.165) is 57.8 Å². The standard InChI is InChI=1S/C65H121NO3/c1-3-5-7-9-11-13-15-17-19-21-23-24-25-26-27-28-29-30-31-32-33-34-35-36-37-38-39-40-41-42-43-45-47-49-51-53-55-57-59-61-65(69)66-63(62-67)64(68)60-58-56-54-52-50-48-46-44-22-20-18-16-14-12-10-8-6-4-2/h5,7,11,13,17,19,23-24,26-27,63-64,67-68H,3-4,6,8-10,12,14-16,18,20-22,25,28-62H2,1-2H3,(H,66,69)/b7-5-,13-11-,19-17-,24-23-,27-26-. The summed E-state index contributed by atoms with van der Waals surface area (Å²) in [4.78, 5) is 12.5. The fraction of sp³-hybridized carbons (Fsp3) is 0.831. The molecule has 69 heavy (non-hydrogen) atoms. The van der Waals surface area contributed by atoms with Crippen molar-refractivity contribution in [3.05, 3.63) is 60.8 Å². The van der Waals surface area contributed by atoms with Crippen molar-refractivity contribution < 1.29 is 15.0 Å². The predicted octanol–water partition coefficient (Wildman–Crippen LogP) is 20.8. The molecule has 0 aliphatic carbocycles. The van der Waals surface area contributed by atoms with Gasteiger partial charge in [0, 0.05) is 6.42 Å². The average Bonchev–Trinajstić information content (AvgIpc) is 3.35. The first-order valence-corrected chi connectivity index (χ1v) is 31.0. The zero-order valence-electron chi connectivity index (χ0n) is 46.6. The molecule has 0 saturated carbocycles. The van der Waals surface area contributed by atoms with Crippen molar-refractivity contribution in [1.29, 1.82) is 0 Å². The molecule has 0 heterocycles. The molecule has 0 spiro atoms. The van der Waals surface area contributed by atoms with E-state index < -0.39 is 12.1 Å². The first-order valence-electron chi connectivity index (χ1n) is 31.0. The van der Waals surface area contributed by atoms with Crippen molar-refractivity contribution in [1.82, 2.24) is 5.32 Å². The Morgan fingerprint density at radius 3 is 0.957 bits per heavy atom. The van der Waals surface area contributed by atoms with Crippen molar-refractivity contribution in [2.45, 2.75) is 341 Å². The third-order valence-corrected chi connectivity index (χ3v) is 14.3. The molecular weight excluding hydrogens is 843 g/mol. The number of allylic oxidation sites excluding steroid dienone is 10. The van der Waals surface area contributed by atoms with Crippen molar-refractivity contribution in [2.24, 2.45) is 0 Å². The lowest BCUT2D eigenvalue weighted by Crippen LogP contribution is -2.45. The Hall–Kier alpha value is -1.91. The molecule has 0 aliphatic rings.